The molecule has 1 aliphatic heterocycles. The average Bonchev–Trinajstić information content (AvgIpc) is 2.36. The third kappa shape index (κ3) is 3.11. The second-order valence-corrected chi connectivity index (χ2v) is 4.31. The molecule has 1 heterocycles. The van der Waals surface area contributed by atoms with E-state index >= 15 is 0 Å². The van der Waals surface area contributed by atoms with Crippen molar-refractivity contribution >= 4 is 0 Å². The molecule has 0 spiro atoms. The van der Waals surface area contributed by atoms with Crippen molar-refractivity contribution in [3.8, 4) is 0 Å². The number of hydrogen-bond acceptors (Lipinski definition) is 2. The van der Waals surface area contributed by atoms with Crippen LogP contribution in [0.2, 0.25) is 0 Å². The van der Waals surface area contributed by atoms with Gasteiger partial charge in [0.15, 0.2) is 0 Å². The molecule has 2 unspecified atom stereocenters. The van der Waals surface area contributed by atoms with Gasteiger partial charge in [0.2, 0.25) is 0 Å². The van der Waals surface area contributed by atoms with Gasteiger partial charge in [-0.15, -0.1) is 0 Å². The van der Waals surface area contributed by atoms with Crippen LogP contribution in [-0.2, 0) is 0 Å². The van der Waals surface area contributed by atoms with Gasteiger partial charge in [-0.25, -0.2) is 0 Å². The molecule has 1 saturated heterocycles. The normalized spacial score (nSPS) is 30.0. The first-order valence-corrected chi connectivity index (χ1v) is 5.09. The quantitative estimate of drug-likeness (QED) is 0.670. The molecule has 2 atom stereocenters. The summed E-state index contributed by atoms with van der Waals surface area (Å²) in [5.74, 6) is 1.32. The van der Waals surface area contributed by atoms with Gasteiger partial charge in [0.1, 0.15) is 0 Å². The highest BCUT2D eigenvalue weighted by atomic mass is 16.3. The number of rotatable bonds is 4. The van der Waals surface area contributed by atoms with Gasteiger partial charge < -0.3 is 10.4 Å². The lowest BCUT2D eigenvalue weighted by Gasteiger charge is -2.13. The molecular weight excluding hydrogens is 150 g/mol. The molecule has 0 bridgehead atoms. The van der Waals surface area contributed by atoms with Crippen LogP contribution in [0.25, 0.3) is 0 Å². The van der Waals surface area contributed by atoms with Gasteiger partial charge in [-0.3, -0.25) is 0 Å². The van der Waals surface area contributed by atoms with Gasteiger partial charge in [-0.1, -0.05) is 26.7 Å². The smallest absolute Gasteiger partial charge is 0.0704 e. The van der Waals surface area contributed by atoms with E-state index in [9.17, 15) is 5.11 Å². The van der Waals surface area contributed by atoms with Crippen LogP contribution in [0.3, 0.4) is 0 Å². The Morgan fingerprint density at radius 2 is 2.17 bits per heavy atom. The van der Waals surface area contributed by atoms with Crippen LogP contribution in [0.4, 0.5) is 0 Å². The number of aliphatic hydroxyl groups is 1. The van der Waals surface area contributed by atoms with Gasteiger partial charge in [-0.2, -0.15) is 0 Å². The summed E-state index contributed by atoms with van der Waals surface area (Å²) in [5, 5.41) is 12.7. The van der Waals surface area contributed by atoms with Crippen molar-refractivity contribution in [1.29, 1.82) is 0 Å². The summed E-state index contributed by atoms with van der Waals surface area (Å²) in [6.07, 6.45) is 3.66. The highest BCUT2D eigenvalue weighted by molar-refractivity contribution is 4.80. The molecule has 72 valence electrons. The summed E-state index contributed by atoms with van der Waals surface area (Å²) in [5.41, 5.74) is 0. The molecule has 2 heteroatoms. The molecular formula is C10H21NO. The zero-order valence-electron chi connectivity index (χ0n) is 8.21. The van der Waals surface area contributed by atoms with E-state index in [0.29, 0.717) is 5.92 Å². The first-order valence-electron chi connectivity index (χ1n) is 5.09. The Bertz CT molecular complexity index is 125. The van der Waals surface area contributed by atoms with Crippen LogP contribution >= 0.6 is 0 Å². The van der Waals surface area contributed by atoms with Crippen molar-refractivity contribution < 1.29 is 5.11 Å². The Hall–Kier alpha value is -0.0800. The van der Waals surface area contributed by atoms with Crippen LogP contribution in [-0.4, -0.2) is 24.3 Å². The highest BCUT2D eigenvalue weighted by Crippen LogP contribution is 2.18. The van der Waals surface area contributed by atoms with E-state index in [-0.39, 0.29) is 6.10 Å². The fraction of sp³-hybridized carbons (Fsp3) is 1.00. The van der Waals surface area contributed by atoms with Crippen molar-refractivity contribution in [2.24, 2.45) is 11.8 Å². The Labute approximate surface area is 75.4 Å². The Kier molecular flexibility index (Phi) is 4.02. The lowest BCUT2D eigenvalue weighted by atomic mass is 9.96. The fourth-order valence-corrected chi connectivity index (χ4v) is 1.80. The van der Waals surface area contributed by atoms with Crippen LogP contribution in [0.5, 0.6) is 0 Å². The van der Waals surface area contributed by atoms with Crippen LogP contribution in [0.1, 0.15) is 33.1 Å². The molecule has 1 fully saturated rings. The van der Waals surface area contributed by atoms with Gasteiger partial charge >= 0.3 is 0 Å². The second kappa shape index (κ2) is 4.83. The third-order valence-corrected chi connectivity index (χ3v) is 2.66. The number of β-amino-alcohol motifs (C(OH)–C–C–N with tert-alkyl or cyclic N) is 1. The third-order valence-electron chi connectivity index (χ3n) is 2.66. The average molecular weight is 171 g/mol. The van der Waals surface area contributed by atoms with E-state index in [4.69, 9.17) is 0 Å². The molecule has 12 heavy (non-hydrogen) atoms. The minimum Gasteiger partial charge on any atom is -0.391 e. The summed E-state index contributed by atoms with van der Waals surface area (Å²) in [6.45, 7) is 6.32. The van der Waals surface area contributed by atoms with Gasteiger partial charge in [0, 0.05) is 13.1 Å². The van der Waals surface area contributed by atoms with Crippen molar-refractivity contribution in [2.75, 3.05) is 13.1 Å². The lowest BCUT2D eigenvalue weighted by molar-refractivity contribution is 0.140. The zero-order chi connectivity index (χ0) is 8.97. The lowest BCUT2D eigenvalue weighted by Crippen LogP contribution is -2.17. The van der Waals surface area contributed by atoms with Gasteiger partial charge in [-0.05, 0) is 18.3 Å². The Balaban J connectivity index is 2.06. The molecule has 0 saturated carbocycles. The Morgan fingerprint density at radius 3 is 2.67 bits per heavy atom. The topological polar surface area (TPSA) is 32.3 Å². The zero-order valence-corrected chi connectivity index (χ0v) is 8.21. The first-order chi connectivity index (χ1) is 5.70. The maximum atomic E-state index is 9.49. The largest absolute Gasteiger partial charge is 0.391 e. The molecule has 0 aliphatic carbocycles. The standard InChI is InChI=1S/C10H21NO/c1-8(2)4-3-5-9-6-11-7-10(9)12/h8-12H,3-7H2,1-2H3. The molecule has 1 rings (SSSR count). The molecule has 0 aromatic rings. The summed E-state index contributed by atoms with van der Waals surface area (Å²) >= 11 is 0. The van der Waals surface area contributed by atoms with E-state index in [1.165, 1.54) is 19.3 Å². The molecule has 0 amide bonds. The molecule has 0 radical (unpaired) electrons. The van der Waals surface area contributed by atoms with Crippen LogP contribution in [0, 0.1) is 11.8 Å². The molecule has 2 nitrogen and oxygen atoms in total. The van der Waals surface area contributed by atoms with Crippen LogP contribution in [0.15, 0.2) is 0 Å². The number of aliphatic hydroxyl groups excluding tert-OH is 1. The monoisotopic (exact) mass is 171 g/mol. The SMILES string of the molecule is CC(C)CCCC1CNCC1O. The number of nitrogens with one attached hydrogen (secondary N) is 1. The first kappa shape index (κ1) is 10.0. The second-order valence-electron chi connectivity index (χ2n) is 4.31. The Morgan fingerprint density at radius 1 is 1.42 bits per heavy atom. The van der Waals surface area contributed by atoms with E-state index < -0.39 is 0 Å². The van der Waals surface area contributed by atoms with Gasteiger partial charge in [0.05, 0.1) is 6.10 Å². The maximum absolute atomic E-state index is 9.49. The van der Waals surface area contributed by atoms with E-state index in [1.807, 2.05) is 0 Å². The highest BCUT2D eigenvalue weighted by Gasteiger charge is 2.23. The maximum Gasteiger partial charge on any atom is 0.0704 e. The van der Waals surface area contributed by atoms with E-state index in [1.54, 1.807) is 0 Å². The molecule has 0 aromatic heterocycles. The fourth-order valence-electron chi connectivity index (χ4n) is 1.80. The van der Waals surface area contributed by atoms with Gasteiger partial charge in [0.25, 0.3) is 0 Å². The van der Waals surface area contributed by atoms with E-state index in [0.717, 1.165) is 19.0 Å². The summed E-state index contributed by atoms with van der Waals surface area (Å²) in [4.78, 5) is 0. The number of hydrogen-bond donors (Lipinski definition) is 2. The predicted octanol–water partition coefficient (Wildman–Crippen LogP) is 1.39. The van der Waals surface area contributed by atoms with Crippen molar-refractivity contribution in [2.45, 2.75) is 39.2 Å². The van der Waals surface area contributed by atoms with Crippen LogP contribution < -0.4 is 5.32 Å². The van der Waals surface area contributed by atoms with Crippen molar-refractivity contribution in [3.05, 3.63) is 0 Å². The van der Waals surface area contributed by atoms with Crippen molar-refractivity contribution in [1.82, 2.24) is 5.32 Å². The summed E-state index contributed by atoms with van der Waals surface area (Å²) in [7, 11) is 0. The minimum atomic E-state index is -0.0860. The summed E-state index contributed by atoms with van der Waals surface area (Å²) < 4.78 is 0. The molecule has 2 N–H and O–H groups in total. The summed E-state index contributed by atoms with van der Waals surface area (Å²) in [6, 6.07) is 0. The molecule has 1 aliphatic rings. The predicted molar refractivity (Wildman–Crippen MR) is 51.1 cm³/mol. The van der Waals surface area contributed by atoms with Crippen molar-refractivity contribution in [3.63, 3.8) is 0 Å². The molecule has 0 aromatic carbocycles. The minimum absolute atomic E-state index is 0.0860. The van der Waals surface area contributed by atoms with E-state index in [2.05, 4.69) is 19.2 Å².